The van der Waals surface area contributed by atoms with E-state index < -0.39 is 5.82 Å². The number of pyridine rings is 1. The molecule has 9 nitrogen and oxygen atoms in total. The number of benzene rings is 1. The van der Waals surface area contributed by atoms with Crippen LogP contribution in [0.3, 0.4) is 0 Å². The van der Waals surface area contributed by atoms with Gasteiger partial charge in [0, 0.05) is 29.7 Å². The first-order valence-electron chi connectivity index (χ1n) is 9.52. The van der Waals surface area contributed by atoms with Crippen molar-refractivity contribution in [1.29, 1.82) is 0 Å². The number of nitrogens with zero attached hydrogens (tertiary/aromatic N) is 7. The summed E-state index contributed by atoms with van der Waals surface area (Å²) in [6.07, 6.45) is 6.28. The van der Waals surface area contributed by atoms with Crippen molar-refractivity contribution in [3.8, 4) is 16.9 Å². The summed E-state index contributed by atoms with van der Waals surface area (Å²) in [5, 5.41) is 14.4. The highest BCUT2D eigenvalue weighted by atomic mass is 19.1. The lowest BCUT2D eigenvalue weighted by Crippen LogP contribution is -2.27. The SMILES string of the molecule is Cc1cnc(-c2cc(C(=O)NC(C)c3cnccn3)cc(-n3nnnc3C)c2)c(F)c1. The highest BCUT2D eigenvalue weighted by Crippen LogP contribution is 2.26. The first kappa shape index (κ1) is 20.2. The molecule has 0 spiro atoms. The van der Waals surface area contributed by atoms with Crippen LogP contribution in [-0.2, 0) is 0 Å². The van der Waals surface area contributed by atoms with Crippen molar-refractivity contribution in [3.05, 3.63) is 77.5 Å². The van der Waals surface area contributed by atoms with Gasteiger partial charge in [0.2, 0.25) is 0 Å². The predicted molar refractivity (Wildman–Crippen MR) is 110 cm³/mol. The van der Waals surface area contributed by atoms with Crippen LogP contribution >= 0.6 is 0 Å². The topological polar surface area (TPSA) is 111 Å². The summed E-state index contributed by atoms with van der Waals surface area (Å²) in [6, 6.07) is 5.93. The van der Waals surface area contributed by atoms with Crippen molar-refractivity contribution in [2.24, 2.45) is 0 Å². The van der Waals surface area contributed by atoms with Crippen LogP contribution in [0.4, 0.5) is 4.39 Å². The number of aryl methyl sites for hydroxylation is 2. The van der Waals surface area contributed by atoms with Gasteiger partial charge in [-0.25, -0.2) is 4.39 Å². The Balaban J connectivity index is 1.76. The van der Waals surface area contributed by atoms with Gasteiger partial charge >= 0.3 is 0 Å². The number of hydrogen-bond donors (Lipinski definition) is 1. The molecule has 4 rings (SSSR count). The monoisotopic (exact) mass is 418 g/mol. The molecule has 0 aliphatic heterocycles. The summed E-state index contributed by atoms with van der Waals surface area (Å²) >= 11 is 0. The lowest BCUT2D eigenvalue weighted by molar-refractivity contribution is 0.0939. The third-order valence-corrected chi connectivity index (χ3v) is 4.68. The van der Waals surface area contributed by atoms with Crippen LogP contribution in [0.1, 0.15) is 40.4 Å². The van der Waals surface area contributed by atoms with Crippen LogP contribution in [0.25, 0.3) is 16.9 Å². The van der Waals surface area contributed by atoms with Crippen molar-refractivity contribution in [3.63, 3.8) is 0 Å². The lowest BCUT2D eigenvalue weighted by Gasteiger charge is -2.15. The Labute approximate surface area is 177 Å². The predicted octanol–water partition coefficient (Wildman–Crippen LogP) is 2.76. The second-order valence-corrected chi connectivity index (χ2v) is 7.07. The van der Waals surface area contributed by atoms with E-state index in [0.717, 1.165) is 0 Å². The number of hydrogen-bond acceptors (Lipinski definition) is 7. The number of nitrogens with one attached hydrogen (secondary N) is 1. The number of carbonyl (C=O) groups excluding carboxylic acids is 1. The normalized spacial score (nSPS) is 11.9. The molecule has 0 fully saturated rings. The van der Waals surface area contributed by atoms with Gasteiger partial charge in [-0.15, -0.1) is 5.10 Å². The summed E-state index contributed by atoms with van der Waals surface area (Å²) in [5.74, 6) is -0.321. The first-order valence-corrected chi connectivity index (χ1v) is 9.52. The van der Waals surface area contributed by atoms with Crippen LogP contribution in [0.15, 0.2) is 49.1 Å². The van der Waals surface area contributed by atoms with Crippen molar-refractivity contribution in [1.82, 2.24) is 40.5 Å². The Kier molecular flexibility index (Phi) is 5.44. The molecule has 1 atom stereocenters. The maximum absolute atomic E-state index is 14.6. The van der Waals surface area contributed by atoms with E-state index >= 15 is 0 Å². The van der Waals surface area contributed by atoms with E-state index in [0.29, 0.717) is 33.9 Å². The zero-order chi connectivity index (χ0) is 22.0. The standard InChI is InChI=1S/C21H19FN8O/c1-12-6-18(22)20(25-10-12)15-7-16(9-17(8-15)30-14(3)27-28-29-30)21(31)26-13(2)19-11-23-4-5-24-19/h4-11,13H,1-3H3,(H,26,31). The Hall–Kier alpha value is -4.08. The van der Waals surface area contributed by atoms with Gasteiger partial charge in [0.15, 0.2) is 5.82 Å². The van der Waals surface area contributed by atoms with E-state index in [-0.39, 0.29) is 17.6 Å². The second kappa shape index (κ2) is 8.34. The minimum absolute atomic E-state index is 0.134. The van der Waals surface area contributed by atoms with Gasteiger partial charge in [-0.1, -0.05) is 0 Å². The molecule has 0 bridgehead atoms. The zero-order valence-electron chi connectivity index (χ0n) is 17.1. The van der Waals surface area contributed by atoms with Gasteiger partial charge < -0.3 is 5.32 Å². The molecule has 1 aromatic carbocycles. The van der Waals surface area contributed by atoms with Crippen molar-refractivity contribution in [2.75, 3.05) is 0 Å². The molecule has 156 valence electrons. The van der Waals surface area contributed by atoms with Crippen molar-refractivity contribution < 1.29 is 9.18 Å². The third-order valence-electron chi connectivity index (χ3n) is 4.68. The number of amides is 1. The molecule has 31 heavy (non-hydrogen) atoms. The van der Waals surface area contributed by atoms with Gasteiger partial charge in [-0.3, -0.25) is 19.7 Å². The van der Waals surface area contributed by atoms with Crippen molar-refractivity contribution >= 4 is 5.91 Å². The van der Waals surface area contributed by atoms with Crippen LogP contribution in [0.5, 0.6) is 0 Å². The quantitative estimate of drug-likeness (QED) is 0.530. The van der Waals surface area contributed by atoms with Gasteiger partial charge in [0.1, 0.15) is 11.5 Å². The molecule has 1 unspecified atom stereocenters. The average molecular weight is 418 g/mol. The fraction of sp³-hybridized carbons (Fsp3) is 0.190. The smallest absolute Gasteiger partial charge is 0.251 e. The minimum atomic E-state index is -0.482. The number of carbonyl (C=O) groups is 1. The molecule has 0 saturated carbocycles. The Morgan fingerprint density at radius 1 is 1.10 bits per heavy atom. The van der Waals surface area contributed by atoms with Gasteiger partial charge in [-0.05, 0) is 61.0 Å². The second-order valence-electron chi connectivity index (χ2n) is 7.07. The molecule has 0 aliphatic rings. The highest BCUT2D eigenvalue weighted by molar-refractivity contribution is 5.96. The molecule has 1 N–H and O–H groups in total. The number of aromatic nitrogens is 7. The number of rotatable bonds is 5. The van der Waals surface area contributed by atoms with Crippen LogP contribution < -0.4 is 5.32 Å². The van der Waals surface area contributed by atoms with Crippen LogP contribution in [0.2, 0.25) is 0 Å². The molecule has 3 heterocycles. The van der Waals surface area contributed by atoms with Crippen LogP contribution in [0, 0.1) is 19.7 Å². The molecule has 1 amide bonds. The van der Waals surface area contributed by atoms with Gasteiger partial charge in [-0.2, -0.15) is 4.68 Å². The molecule has 0 saturated heterocycles. The fourth-order valence-electron chi connectivity index (χ4n) is 3.11. The summed E-state index contributed by atoms with van der Waals surface area (Å²) < 4.78 is 16.1. The molecular formula is C21H19FN8O. The van der Waals surface area contributed by atoms with E-state index in [1.54, 1.807) is 63.8 Å². The molecule has 0 radical (unpaired) electrons. The van der Waals surface area contributed by atoms with E-state index in [1.807, 2.05) is 0 Å². The summed E-state index contributed by atoms with van der Waals surface area (Å²) in [4.78, 5) is 25.5. The molecule has 4 aromatic rings. The maximum atomic E-state index is 14.6. The Morgan fingerprint density at radius 2 is 1.94 bits per heavy atom. The van der Waals surface area contributed by atoms with Crippen molar-refractivity contribution in [2.45, 2.75) is 26.8 Å². The molecule has 0 aliphatic carbocycles. The summed E-state index contributed by atoms with van der Waals surface area (Å²) in [7, 11) is 0. The molecule has 3 aromatic heterocycles. The zero-order valence-corrected chi connectivity index (χ0v) is 17.1. The molecular weight excluding hydrogens is 399 g/mol. The third kappa shape index (κ3) is 4.27. The van der Waals surface area contributed by atoms with E-state index in [9.17, 15) is 9.18 Å². The van der Waals surface area contributed by atoms with E-state index in [1.165, 1.54) is 10.7 Å². The fourth-order valence-corrected chi connectivity index (χ4v) is 3.11. The summed E-state index contributed by atoms with van der Waals surface area (Å²) in [6.45, 7) is 5.29. The Bertz CT molecular complexity index is 1240. The maximum Gasteiger partial charge on any atom is 0.251 e. The first-order chi connectivity index (χ1) is 14.9. The van der Waals surface area contributed by atoms with Gasteiger partial charge in [0.05, 0.1) is 23.6 Å². The molecule has 10 heteroatoms. The average Bonchev–Trinajstić information content (AvgIpc) is 3.20. The van der Waals surface area contributed by atoms with Gasteiger partial charge in [0.25, 0.3) is 5.91 Å². The summed E-state index contributed by atoms with van der Waals surface area (Å²) in [5.41, 5.74) is 2.70. The van der Waals surface area contributed by atoms with Crippen LogP contribution in [-0.4, -0.2) is 41.1 Å². The number of halogens is 1. The Morgan fingerprint density at radius 3 is 2.61 bits per heavy atom. The highest BCUT2D eigenvalue weighted by Gasteiger charge is 2.18. The number of tetrazole rings is 1. The van der Waals surface area contributed by atoms with E-state index in [2.05, 4.69) is 35.8 Å². The lowest BCUT2D eigenvalue weighted by atomic mass is 10.0. The minimum Gasteiger partial charge on any atom is -0.344 e. The van der Waals surface area contributed by atoms with E-state index in [4.69, 9.17) is 0 Å². The largest absolute Gasteiger partial charge is 0.344 e.